The van der Waals surface area contributed by atoms with Crippen LogP contribution in [0.1, 0.15) is 39.7 Å². The third-order valence-corrected chi connectivity index (χ3v) is 5.52. The van der Waals surface area contributed by atoms with Gasteiger partial charge in [0, 0.05) is 35.7 Å². The lowest BCUT2D eigenvalue weighted by atomic mass is 9.90. The standard InChI is InChI=1S/C17H26BrFN2/c1-5-12(2)16-10-21(17(3,4)11-20-16)9-13-6-7-14(19)8-15(13)18/h6-8,12,16,20H,5,9-11H2,1-4H3. The van der Waals surface area contributed by atoms with Gasteiger partial charge in [-0.2, -0.15) is 0 Å². The third kappa shape index (κ3) is 4.05. The molecule has 2 nitrogen and oxygen atoms in total. The van der Waals surface area contributed by atoms with Gasteiger partial charge in [0.2, 0.25) is 0 Å². The molecule has 0 radical (unpaired) electrons. The summed E-state index contributed by atoms with van der Waals surface area (Å²) in [5.74, 6) is 0.475. The molecule has 0 aliphatic carbocycles. The Labute approximate surface area is 136 Å². The number of benzene rings is 1. The van der Waals surface area contributed by atoms with Gasteiger partial charge in [0.1, 0.15) is 5.82 Å². The smallest absolute Gasteiger partial charge is 0.124 e. The van der Waals surface area contributed by atoms with Crippen molar-refractivity contribution in [2.45, 2.75) is 52.2 Å². The highest BCUT2D eigenvalue weighted by Gasteiger charge is 2.35. The lowest BCUT2D eigenvalue weighted by Gasteiger charge is -2.47. The molecule has 118 valence electrons. The van der Waals surface area contributed by atoms with Gasteiger partial charge in [-0.05, 0) is 37.5 Å². The zero-order valence-corrected chi connectivity index (χ0v) is 15.0. The second-order valence-electron chi connectivity index (χ2n) is 6.80. The van der Waals surface area contributed by atoms with Crippen molar-refractivity contribution in [1.29, 1.82) is 0 Å². The SMILES string of the molecule is CCC(C)C1CN(Cc2ccc(F)cc2Br)C(C)(C)CN1. The molecule has 2 rings (SSSR count). The zero-order valence-electron chi connectivity index (χ0n) is 13.4. The summed E-state index contributed by atoms with van der Waals surface area (Å²) in [6, 6.07) is 5.51. The van der Waals surface area contributed by atoms with Gasteiger partial charge in [-0.25, -0.2) is 4.39 Å². The number of hydrogen-bond donors (Lipinski definition) is 1. The van der Waals surface area contributed by atoms with E-state index in [9.17, 15) is 4.39 Å². The van der Waals surface area contributed by atoms with E-state index in [4.69, 9.17) is 0 Å². The molecule has 2 atom stereocenters. The fourth-order valence-electron chi connectivity index (χ4n) is 2.84. The topological polar surface area (TPSA) is 15.3 Å². The van der Waals surface area contributed by atoms with E-state index in [0.717, 1.165) is 29.7 Å². The maximum absolute atomic E-state index is 13.2. The number of piperazine rings is 1. The molecule has 0 amide bonds. The number of halogens is 2. The van der Waals surface area contributed by atoms with Crippen molar-refractivity contribution in [2.75, 3.05) is 13.1 Å². The van der Waals surface area contributed by atoms with E-state index in [1.165, 1.54) is 6.42 Å². The first-order valence-corrected chi connectivity index (χ1v) is 8.55. The lowest BCUT2D eigenvalue weighted by molar-refractivity contribution is 0.0447. The molecular formula is C17H26BrFN2. The zero-order chi connectivity index (χ0) is 15.6. The van der Waals surface area contributed by atoms with Crippen LogP contribution in [0.4, 0.5) is 4.39 Å². The van der Waals surface area contributed by atoms with Gasteiger partial charge in [-0.3, -0.25) is 4.90 Å². The van der Waals surface area contributed by atoms with Crippen LogP contribution in [0.25, 0.3) is 0 Å². The van der Waals surface area contributed by atoms with Gasteiger partial charge < -0.3 is 5.32 Å². The highest BCUT2D eigenvalue weighted by atomic mass is 79.9. The predicted octanol–water partition coefficient (Wildman–Crippen LogP) is 4.19. The van der Waals surface area contributed by atoms with Crippen molar-refractivity contribution in [2.24, 2.45) is 5.92 Å². The van der Waals surface area contributed by atoms with E-state index in [1.54, 1.807) is 12.1 Å². The first kappa shape index (κ1) is 16.9. The summed E-state index contributed by atoms with van der Waals surface area (Å²) in [4.78, 5) is 2.51. The van der Waals surface area contributed by atoms with E-state index >= 15 is 0 Å². The van der Waals surface area contributed by atoms with Crippen LogP contribution in [0.3, 0.4) is 0 Å². The first-order valence-electron chi connectivity index (χ1n) is 7.76. The summed E-state index contributed by atoms with van der Waals surface area (Å²) in [6.07, 6.45) is 1.19. The molecule has 1 aromatic carbocycles. The highest BCUT2D eigenvalue weighted by molar-refractivity contribution is 9.10. The van der Waals surface area contributed by atoms with Crippen LogP contribution in [0, 0.1) is 11.7 Å². The first-order chi connectivity index (χ1) is 9.83. The van der Waals surface area contributed by atoms with E-state index in [0.29, 0.717) is 12.0 Å². The Balaban J connectivity index is 2.14. The van der Waals surface area contributed by atoms with Crippen LogP contribution in [-0.4, -0.2) is 29.6 Å². The third-order valence-electron chi connectivity index (χ3n) is 4.78. The van der Waals surface area contributed by atoms with Gasteiger partial charge >= 0.3 is 0 Å². The molecule has 1 N–H and O–H groups in total. The summed E-state index contributed by atoms with van der Waals surface area (Å²) in [5.41, 5.74) is 1.26. The van der Waals surface area contributed by atoms with Crippen LogP contribution in [0.2, 0.25) is 0 Å². The normalized spacial score (nSPS) is 24.0. The van der Waals surface area contributed by atoms with Crippen molar-refractivity contribution in [3.05, 3.63) is 34.1 Å². The van der Waals surface area contributed by atoms with Crippen LogP contribution >= 0.6 is 15.9 Å². The predicted molar refractivity (Wildman–Crippen MR) is 89.8 cm³/mol. The quantitative estimate of drug-likeness (QED) is 0.869. The Morgan fingerprint density at radius 1 is 1.48 bits per heavy atom. The van der Waals surface area contributed by atoms with Gasteiger partial charge in [0.15, 0.2) is 0 Å². The van der Waals surface area contributed by atoms with E-state index in [2.05, 4.69) is 53.8 Å². The molecule has 1 heterocycles. The van der Waals surface area contributed by atoms with Gasteiger partial charge in [-0.15, -0.1) is 0 Å². The monoisotopic (exact) mass is 356 g/mol. The van der Waals surface area contributed by atoms with Gasteiger partial charge in [0.05, 0.1) is 0 Å². The van der Waals surface area contributed by atoms with Crippen LogP contribution in [0.15, 0.2) is 22.7 Å². The molecule has 4 heteroatoms. The lowest BCUT2D eigenvalue weighted by Crippen LogP contribution is -2.62. The second-order valence-corrected chi connectivity index (χ2v) is 7.66. The van der Waals surface area contributed by atoms with Crippen molar-refractivity contribution < 1.29 is 4.39 Å². The minimum absolute atomic E-state index is 0.109. The Morgan fingerprint density at radius 2 is 2.19 bits per heavy atom. The number of hydrogen-bond acceptors (Lipinski definition) is 2. The summed E-state index contributed by atoms with van der Waals surface area (Å²) in [6.45, 7) is 12.0. The molecule has 1 aliphatic heterocycles. The molecule has 1 aliphatic rings. The maximum Gasteiger partial charge on any atom is 0.124 e. The fourth-order valence-corrected chi connectivity index (χ4v) is 3.32. The minimum Gasteiger partial charge on any atom is -0.311 e. The van der Waals surface area contributed by atoms with Crippen molar-refractivity contribution >= 4 is 15.9 Å². The Morgan fingerprint density at radius 3 is 2.81 bits per heavy atom. The van der Waals surface area contributed by atoms with Crippen molar-refractivity contribution in [3.8, 4) is 0 Å². The summed E-state index contributed by atoms with van der Waals surface area (Å²) in [5, 5.41) is 3.69. The summed E-state index contributed by atoms with van der Waals surface area (Å²) >= 11 is 3.49. The molecule has 0 saturated carbocycles. The van der Waals surface area contributed by atoms with Crippen molar-refractivity contribution in [1.82, 2.24) is 10.2 Å². The second kappa shape index (κ2) is 6.76. The van der Waals surface area contributed by atoms with Crippen molar-refractivity contribution in [3.63, 3.8) is 0 Å². The molecule has 1 fully saturated rings. The molecule has 1 saturated heterocycles. The Hall–Kier alpha value is -0.450. The summed E-state index contributed by atoms with van der Waals surface area (Å²) < 4.78 is 14.1. The van der Waals surface area contributed by atoms with Crippen LogP contribution in [0.5, 0.6) is 0 Å². The van der Waals surface area contributed by atoms with E-state index < -0.39 is 0 Å². The Bertz CT molecular complexity index is 490. The van der Waals surface area contributed by atoms with Gasteiger partial charge in [0.25, 0.3) is 0 Å². The number of nitrogens with one attached hydrogen (secondary N) is 1. The summed E-state index contributed by atoms with van der Waals surface area (Å²) in [7, 11) is 0. The molecule has 2 unspecified atom stereocenters. The molecule has 21 heavy (non-hydrogen) atoms. The number of rotatable bonds is 4. The highest BCUT2D eigenvalue weighted by Crippen LogP contribution is 2.27. The minimum atomic E-state index is -0.192. The van der Waals surface area contributed by atoms with Crippen LogP contribution < -0.4 is 5.32 Å². The molecular weight excluding hydrogens is 331 g/mol. The maximum atomic E-state index is 13.2. The molecule has 0 spiro atoms. The number of nitrogens with zero attached hydrogens (tertiary/aromatic N) is 1. The largest absolute Gasteiger partial charge is 0.311 e. The average molecular weight is 357 g/mol. The van der Waals surface area contributed by atoms with E-state index in [-0.39, 0.29) is 11.4 Å². The van der Waals surface area contributed by atoms with E-state index in [1.807, 2.05) is 6.07 Å². The average Bonchev–Trinajstić information content (AvgIpc) is 2.42. The molecule has 0 aromatic heterocycles. The molecule has 0 bridgehead atoms. The molecule has 1 aromatic rings. The Kier molecular flexibility index (Phi) is 5.44. The van der Waals surface area contributed by atoms with Crippen LogP contribution in [-0.2, 0) is 6.54 Å². The fraction of sp³-hybridized carbons (Fsp3) is 0.647. The van der Waals surface area contributed by atoms with Gasteiger partial charge in [-0.1, -0.05) is 42.3 Å².